The molecule has 1 aliphatic heterocycles. The molecule has 0 saturated heterocycles. The average molecular weight is 1030 g/mol. The van der Waals surface area contributed by atoms with Crippen LogP contribution in [0.4, 0.5) is 0 Å². The summed E-state index contributed by atoms with van der Waals surface area (Å²) in [7, 11) is 18.3. The van der Waals surface area contributed by atoms with E-state index >= 15 is 0 Å². The SMILES string of the molecule is CCCC1=Cc2c(ccc(CC)c2-c2cc(C(C)C)cc(C(C)C)c2)[CH]1[Zr]([Cl])([Cl])([c]1cccc2c1[SiH2]c1ccccc1-2)[CH]1C(CCC)=Cc2c1ccc(CC)c2-c1cc(C(C)C)cc(C(C)C)c1. The Hall–Kier alpha value is -3.52. The second-order valence-corrected chi connectivity index (χ2v) is 44.4. The van der Waals surface area contributed by atoms with Crippen LogP contribution < -0.4 is 13.6 Å². The quantitative estimate of drug-likeness (QED) is 0.0898. The molecule has 0 fully saturated rings. The van der Waals surface area contributed by atoms with E-state index in [2.05, 4.69) is 198 Å². The Morgan fingerprint density at radius 2 is 0.926 bits per heavy atom. The third-order valence-corrected chi connectivity index (χ3v) is 39.0. The summed E-state index contributed by atoms with van der Waals surface area (Å²) in [5.74, 6) is 1.70. The van der Waals surface area contributed by atoms with Gasteiger partial charge in [0.05, 0.1) is 0 Å². The van der Waals surface area contributed by atoms with Gasteiger partial charge in [0.25, 0.3) is 0 Å². The fourth-order valence-corrected chi connectivity index (χ4v) is 40.7. The Morgan fingerprint density at radius 3 is 1.34 bits per heavy atom. The molecule has 6 aromatic rings. The maximum atomic E-state index is 9.60. The molecule has 0 aromatic heterocycles. The van der Waals surface area contributed by atoms with Crippen molar-refractivity contribution in [3.05, 3.63) is 170 Å². The summed E-state index contributed by atoms with van der Waals surface area (Å²) in [6.45, 7) is 28.0. The molecule has 4 heteroatoms. The number of fused-ring (bicyclic) bond motifs is 5. The zero-order valence-corrected chi connectivity index (χ0v) is 48.5. The van der Waals surface area contributed by atoms with Crippen molar-refractivity contribution in [3.63, 3.8) is 0 Å². The van der Waals surface area contributed by atoms with Crippen molar-refractivity contribution in [3.8, 4) is 33.4 Å². The van der Waals surface area contributed by atoms with Gasteiger partial charge in [0.2, 0.25) is 0 Å². The van der Waals surface area contributed by atoms with Crippen LogP contribution in [0.25, 0.3) is 45.5 Å². The molecule has 9 rings (SSSR count). The van der Waals surface area contributed by atoms with Crippen LogP contribution >= 0.6 is 17.0 Å². The Bertz CT molecular complexity index is 2790. The first-order valence-corrected chi connectivity index (χ1v) is 38.2. The molecule has 0 spiro atoms. The number of allylic oxidation sites excluding steroid dienone is 2. The molecule has 0 N–H and O–H groups in total. The Morgan fingerprint density at radius 1 is 0.500 bits per heavy atom. The number of benzene rings is 6. The number of halogens is 2. The summed E-state index contributed by atoms with van der Waals surface area (Å²) in [4.78, 5) is 0. The monoisotopic (exact) mass is 1030 g/mol. The van der Waals surface area contributed by atoms with E-state index in [9.17, 15) is 17.0 Å². The van der Waals surface area contributed by atoms with Crippen LogP contribution in [0.1, 0.15) is 195 Å². The van der Waals surface area contributed by atoms with E-state index in [1.165, 1.54) is 114 Å². The zero-order valence-electron chi connectivity index (χ0n) is 43.1. The van der Waals surface area contributed by atoms with E-state index < -0.39 is 25.9 Å². The van der Waals surface area contributed by atoms with E-state index in [0.717, 1.165) is 38.5 Å². The number of rotatable bonds is 15. The van der Waals surface area contributed by atoms with Crippen molar-refractivity contribution in [2.24, 2.45) is 0 Å². The first kappa shape index (κ1) is 49.5. The van der Waals surface area contributed by atoms with Crippen molar-refractivity contribution in [2.75, 3.05) is 0 Å². The summed E-state index contributed by atoms with van der Waals surface area (Å²) in [5.41, 5.74) is 24.9. The molecule has 0 bridgehead atoms. The average Bonchev–Trinajstić information content (AvgIpc) is 4.02. The van der Waals surface area contributed by atoms with Gasteiger partial charge in [-0.15, -0.1) is 0 Å². The Labute approximate surface area is 421 Å². The molecular formula is C64H75Cl2SiZr. The first-order valence-electron chi connectivity index (χ1n) is 26.3. The number of aryl methyl sites for hydroxylation is 2. The van der Waals surface area contributed by atoms with Crippen LogP contribution in [-0.2, 0) is 29.2 Å². The van der Waals surface area contributed by atoms with Crippen LogP contribution in [-0.4, -0.2) is 9.52 Å². The molecular weight excluding hydrogens is 959 g/mol. The van der Waals surface area contributed by atoms with Gasteiger partial charge in [-0.2, -0.15) is 0 Å². The molecule has 2 aliphatic carbocycles. The van der Waals surface area contributed by atoms with Crippen molar-refractivity contribution in [2.45, 2.75) is 153 Å². The topological polar surface area (TPSA) is 0 Å². The normalized spacial score (nSPS) is 17.2. The molecule has 0 nitrogen and oxygen atoms in total. The molecule has 68 heavy (non-hydrogen) atoms. The van der Waals surface area contributed by atoms with Crippen LogP contribution in [0.15, 0.2) is 114 Å². The molecule has 353 valence electrons. The molecule has 1 heterocycles. The van der Waals surface area contributed by atoms with Gasteiger partial charge in [-0.1, -0.05) is 0 Å². The van der Waals surface area contributed by atoms with Gasteiger partial charge in [0.15, 0.2) is 0 Å². The maximum absolute atomic E-state index is 9.60. The van der Waals surface area contributed by atoms with Crippen molar-refractivity contribution in [1.29, 1.82) is 0 Å². The van der Waals surface area contributed by atoms with Gasteiger partial charge in [0.1, 0.15) is 0 Å². The summed E-state index contributed by atoms with van der Waals surface area (Å²) < 4.78 is 1.14. The first-order chi connectivity index (χ1) is 32.5. The minimum atomic E-state index is -5.75. The van der Waals surface area contributed by atoms with E-state index in [4.69, 9.17) is 0 Å². The third-order valence-electron chi connectivity index (χ3n) is 16.2. The summed E-state index contributed by atoms with van der Waals surface area (Å²) >= 11 is -5.75. The van der Waals surface area contributed by atoms with Gasteiger partial charge in [-0.25, -0.2) is 0 Å². The molecule has 0 radical (unpaired) electrons. The van der Waals surface area contributed by atoms with Gasteiger partial charge >= 0.3 is 425 Å². The molecule has 2 unspecified atom stereocenters. The summed E-state index contributed by atoms with van der Waals surface area (Å²) in [6, 6.07) is 41.0. The Balaban J connectivity index is 1.39. The molecule has 3 aliphatic rings. The standard InChI is InChI=1S/2C26H33.C12H9Si.2ClH.Zr/c2*1-7-9-19-12-21-11-10-20(8-2)26(25(21)13-19)24-15-22(17(3)4)14-23(16-24)18(5)6;1-3-7-11-9(5-1)10-6-2-4-8-12(10)13-11;;;/h2*10-18H,7-9H2,1-6H3;1-7H,13H2;2*1H;/q;;;;;+2/p-2. The minimum absolute atomic E-state index is 0.0937. The van der Waals surface area contributed by atoms with Crippen molar-refractivity contribution in [1.82, 2.24) is 0 Å². The Kier molecular flexibility index (Phi) is 14.0. The molecule has 2 atom stereocenters. The second kappa shape index (κ2) is 19.2. The van der Waals surface area contributed by atoms with Crippen LogP contribution in [0.3, 0.4) is 0 Å². The van der Waals surface area contributed by atoms with Gasteiger partial charge < -0.3 is 0 Å². The molecule has 0 amide bonds. The number of hydrogen-bond donors (Lipinski definition) is 0. The van der Waals surface area contributed by atoms with Gasteiger partial charge in [0, 0.05) is 0 Å². The van der Waals surface area contributed by atoms with E-state index in [1.54, 1.807) is 0 Å². The summed E-state index contributed by atoms with van der Waals surface area (Å²) in [6.07, 6.45) is 11.1. The molecule has 6 aromatic carbocycles. The van der Waals surface area contributed by atoms with Gasteiger partial charge in [-0.3, -0.25) is 0 Å². The van der Waals surface area contributed by atoms with E-state index in [-0.39, 0.29) is 7.25 Å². The third kappa shape index (κ3) is 8.22. The fourth-order valence-electron chi connectivity index (χ4n) is 12.7. The van der Waals surface area contributed by atoms with Crippen LogP contribution in [0, 0.1) is 0 Å². The summed E-state index contributed by atoms with van der Waals surface area (Å²) in [5, 5.41) is 3.00. The van der Waals surface area contributed by atoms with E-state index in [0.29, 0.717) is 23.7 Å². The van der Waals surface area contributed by atoms with Gasteiger partial charge in [-0.05, 0) is 0 Å². The fraction of sp³-hybridized carbons (Fsp3) is 0.375. The predicted molar refractivity (Wildman–Crippen MR) is 301 cm³/mol. The number of hydrogen-bond acceptors (Lipinski definition) is 0. The van der Waals surface area contributed by atoms with Crippen molar-refractivity contribution < 1.29 is 16.4 Å². The van der Waals surface area contributed by atoms with E-state index in [1.807, 2.05) is 0 Å². The van der Waals surface area contributed by atoms with Crippen molar-refractivity contribution >= 4 is 52.3 Å². The molecule has 0 saturated carbocycles. The predicted octanol–water partition coefficient (Wildman–Crippen LogP) is 17.2. The zero-order chi connectivity index (χ0) is 48.4. The van der Waals surface area contributed by atoms with Crippen LogP contribution in [0.5, 0.6) is 0 Å². The van der Waals surface area contributed by atoms with Crippen LogP contribution in [0.2, 0.25) is 0 Å². The second-order valence-electron chi connectivity index (χ2n) is 21.9.